The lowest BCUT2D eigenvalue weighted by molar-refractivity contribution is -0.170. The molecule has 0 spiro atoms. The maximum absolute atomic E-state index is 16.6. The van der Waals surface area contributed by atoms with Gasteiger partial charge in [-0.1, -0.05) is 128 Å². The summed E-state index contributed by atoms with van der Waals surface area (Å²) < 4.78 is 22.3. The number of ether oxygens (including phenoxy) is 4. The van der Waals surface area contributed by atoms with Gasteiger partial charge in [-0.05, 0) is 94.8 Å². The Kier molecular flexibility index (Phi) is 13.0. The fourth-order valence-corrected chi connectivity index (χ4v) is 9.17. The summed E-state index contributed by atoms with van der Waals surface area (Å²) in [5, 5.41) is 28.5. The van der Waals surface area contributed by atoms with E-state index >= 15 is 4.79 Å². The summed E-state index contributed by atoms with van der Waals surface area (Å²) in [5.41, 5.74) is 3.28. The average molecular weight is 835 g/mol. The zero-order valence-electron chi connectivity index (χ0n) is 35.6. The predicted molar refractivity (Wildman–Crippen MR) is 238 cm³/mol. The fourth-order valence-electron chi connectivity index (χ4n) is 9.17. The van der Waals surface area contributed by atoms with Crippen molar-refractivity contribution in [3.05, 3.63) is 191 Å². The van der Waals surface area contributed by atoms with Gasteiger partial charge in [0.15, 0.2) is 0 Å². The molecule has 0 bridgehead atoms. The van der Waals surface area contributed by atoms with Crippen molar-refractivity contribution in [2.24, 2.45) is 11.1 Å². The first-order chi connectivity index (χ1) is 30.0. The van der Waals surface area contributed by atoms with E-state index in [-0.39, 0.29) is 12.8 Å². The number of amides is 2. The van der Waals surface area contributed by atoms with Gasteiger partial charge >= 0.3 is 0 Å². The molecule has 0 aliphatic heterocycles. The average Bonchev–Trinajstić information content (AvgIpc) is 3.34. The van der Waals surface area contributed by atoms with Crippen LogP contribution in [0.4, 0.5) is 0 Å². The van der Waals surface area contributed by atoms with Crippen LogP contribution in [0.3, 0.4) is 0 Å². The van der Waals surface area contributed by atoms with Crippen molar-refractivity contribution < 1.29 is 38.7 Å². The van der Waals surface area contributed by atoms with Gasteiger partial charge in [0, 0.05) is 0 Å². The molecule has 0 saturated heterocycles. The minimum absolute atomic E-state index is 0.188. The molecule has 10 heteroatoms. The molecule has 4 N–H and O–H groups in total. The van der Waals surface area contributed by atoms with Crippen LogP contribution in [0.2, 0.25) is 0 Å². The van der Waals surface area contributed by atoms with Crippen LogP contribution in [-0.2, 0) is 20.8 Å². The number of benzene rings is 6. The van der Waals surface area contributed by atoms with E-state index in [1.165, 1.54) is 0 Å². The number of hydrogen-bond acceptors (Lipinski definition) is 8. The van der Waals surface area contributed by atoms with Crippen molar-refractivity contribution >= 4 is 11.8 Å². The molecule has 1 aliphatic rings. The Balaban J connectivity index is 1.67. The number of rotatable bonds is 16. The molecule has 10 nitrogen and oxygen atoms in total. The van der Waals surface area contributed by atoms with Crippen LogP contribution in [0.25, 0.3) is 0 Å². The summed E-state index contributed by atoms with van der Waals surface area (Å²) in [7, 11) is 6.26. The third-order valence-electron chi connectivity index (χ3n) is 12.5. The highest BCUT2D eigenvalue weighted by molar-refractivity contribution is 6.05. The molecule has 320 valence electrons. The first-order valence-electron chi connectivity index (χ1n) is 20.8. The van der Waals surface area contributed by atoms with Crippen molar-refractivity contribution in [3.63, 3.8) is 0 Å². The van der Waals surface area contributed by atoms with Crippen LogP contribution in [0.15, 0.2) is 158 Å². The molecular formula is C52H54N2O8. The second-order valence-corrected chi connectivity index (χ2v) is 15.8. The summed E-state index contributed by atoms with van der Waals surface area (Å²) in [6, 6.07) is 44.0. The fraction of sp³-hybridized carbons (Fsp3) is 0.269. The monoisotopic (exact) mass is 834 g/mol. The van der Waals surface area contributed by atoms with Gasteiger partial charge in [-0.15, -0.1) is 0 Å². The van der Waals surface area contributed by atoms with Crippen molar-refractivity contribution in [3.8, 4) is 23.0 Å². The molecule has 2 unspecified atom stereocenters. The van der Waals surface area contributed by atoms with Gasteiger partial charge in [0.25, 0.3) is 0 Å². The number of carbonyl (C=O) groups excluding carboxylic acids is 2. The maximum Gasteiger partial charge on any atom is 0.239 e. The molecule has 2 atom stereocenters. The number of aliphatic hydroxyl groups is 2. The van der Waals surface area contributed by atoms with Crippen LogP contribution in [-0.4, -0.2) is 55.4 Å². The topological polar surface area (TPSA) is 141 Å². The second-order valence-electron chi connectivity index (χ2n) is 15.8. The van der Waals surface area contributed by atoms with E-state index in [2.05, 4.69) is 0 Å². The van der Waals surface area contributed by atoms with Gasteiger partial charge in [0.2, 0.25) is 11.8 Å². The van der Waals surface area contributed by atoms with E-state index in [0.29, 0.717) is 69.2 Å². The Bertz CT molecular complexity index is 2160. The van der Waals surface area contributed by atoms with E-state index in [1.807, 2.05) is 60.7 Å². The Morgan fingerprint density at radius 2 is 0.790 bits per heavy atom. The standard InChI is InChI=1S/C52H54N2O8/c1-59-42-26-18-38(19-27-42)51(57,39-20-28-43(60-2)29-21-39)46(36-14-8-5-9-15-36)54(49(56)50(48(53)55)34-12-7-13-35-50)47(37-16-10-6-11-17-37)52(58,40-22-30-44(61-3)31-23-40)41-24-32-45(62-4)33-25-41/h5-6,8-11,14-33,46-47,57-58H,7,12-13,34-35H2,1-4H3,(H2,53,55). The Morgan fingerprint density at radius 1 is 0.500 bits per heavy atom. The number of methoxy groups -OCH3 is 4. The minimum atomic E-state index is -2.09. The Hall–Kier alpha value is -6.62. The van der Waals surface area contributed by atoms with E-state index < -0.39 is 40.5 Å². The summed E-state index contributed by atoms with van der Waals surface area (Å²) >= 11 is 0. The van der Waals surface area contributed by atoms with Crippen LogP contribution in [0.5, 0.6) is 23.0 Å². The minimum Gasteiger partial charge on any atom is -0.497 e. The van der Waals surface area contributed by atoms with Crippen LogP contribution in [0, 0.1) is 5.41 Å². The molecule has 0 heterocycles. The zero-order chi connectivity index (χ0) is 43.9. The van der Waals surface area contributed by atoms with Gasteiger partial charge in [-0.3, -0.25) is 9.59 Å². The molecule has 2 amide bonds. The smallest absolute Gasteiger partial charge is 0.239 e. The summed E-state index contributed by atoms with van der Waals surface area (Å²) in [6.45, 7) is 0. The molecule has 62 heavy (non-hydrogen) atoms. The quantitative estimate of drug-likeness (QED) is 0.0824. The first kappa shape index (κ1) is 43.5. The highest BCUT2D eigenvalue weighted by Crippen LogP contribution is 2.56. The third kappa shape index (κ3) is 7.99. The molecule has 1 saturated carbocycles. The van der Waals surface area contributed by atoms with Gasteiger partial charge in [0.05, 0.1) is 40.5 Å². The van der Waals surface area contributed by atoms with Gasteiger partial charge in [0.1, 0.15) is 39.6 Å². The van der Waals surface area contributed by atoms with Gasteiger partial charge in [-0.2, -0.15) is 0 Å². The highest BCUT2D eigenvalue weighted by Gasteiger charge is 2.59. The maximum atomic E-state index is 16.6. The number of nitrogens with zero attached hydrogens (tertiary/aromatic N) is 1. The largest absolute Gasteiger partial charge is 0.497 e. The summed E-state index contributed by atoms with van der Waals surface area (Å²) in [5.74, 6) is 0.843. The Morgan fingerprint density at radius 3 is 1.05 bits per heavy atom. The molecule has 1 aliphatic carbocycles. The molecule has 6 aromatic rings. The lowest BCUT2D eigenvalue weighted by atomic mass is 9.68. The van der Waals surface area contributed by atoms with Crippen LogP contribution in [0.1, 0.15) is 77.6 Å². The Labute approximate surface area is 363 Å². The highest BCUT2D eigenvalue weighted by atomic mass is 16.5. The number of primary amides is 1. The van der Waals surface area contributed by atoms with Crippen LogP contribution >= 0.6 is 0 Å². The van der Waals surface area contributed by atoms with E-state index in [4.69, 9.17) is 24.7 Å². The van der Waals surface area contributed by atoms with Crippen molar-refractivity contribution in [2.75, 3.05) is 28.4 Å². The second kappa shape index (κ2) is 18.6. The molecule has 7 rings (SSSR count). The number of carbonyl (C=O) groups is 2. The van der Waals surface area contributed by atoms with E-state index in [1.54, 1.807) is 130 Å². The van der Waals surface area contributed by atoms with E-state index in [0.717, 1.165) is 6.42 Å². The van der Waals surface area contributed by atoms with Gasteiger partial charge in [-0.25, -0.2) is 0 Å². The number of nitrogens with two attached hydrogens (primary N) is 1. The molecule has 0 aromatic heterocycles. The van der Waals surface area contributed by atoms with E-state index in [9.17, 15) is 15.0 Å². The normalized spacial score (nSPS) is 14.8. The number of hydrogen-bond donors (Lipinski definition) is 3. The van der Waals surface area contributed by atoms with Crippen molar-refractivity contribution in [1.29, 1.82) is 0 Å². The summed E-state index contributed by atoms with van der Waals surface area (Å²) in [6.07, 6.45) is 2.35. The zero-order valence-corrected chi connectivity index (χ0v) is 35.6. The summed E-state index contributed by atoms with van der Waals surface area (Å²) in [4.78, 5) is 32.4. The molecule has 1 fully saturated rings. The van der Waals surface area contributed by atoms with Crippen molar-refractivity contribution in [1.82, 2.24) is 4.90 Å². The predicted octanol–water partition coefficient (Wildman–Crippen LogP) is 8.64. The molecular weight excluding hydrogens is 781 g/mol. The lowest BCUT2D eigenvalue weighted by Crippen LogP contribution is -2.60. The van der Waals surface area contributed by atoms with Crippen molar-refractivity contribution in [2.45, 2.75) is 55.4 Å². The van der Waals surface area contributed by atoms with Gasteiger partial charge < -0.3 is 39.8 Å². The SMILES string of the molecule is COc1ccc(C(O)(c2ccc(OC)cc2)C(c2ccccc2)N(C(=O)C2(C(N)=O)CCCCC2)C(c2ccccc2)C(O)(c2ccc(OC)cc2)c2ccc(OC)cc2)cc1. The lowest BCUT2D eigenvalue weighted by Gasteiger charge is -2.53. The third-order valence-corrected chi connectivity index (χ3v) is 12.5. The molecule has 0 radical (unpaired) electrons. The first-order valence-corrected chi connectivity index (χ1v) is 20.8. The van der Waals surface area contributed by atoms with Crippen LogP contribution < -0.4 is 24.7 Å². The molecule has 6 aromatic carbocycles.